The van der Waals surface area contributed by atoms with Gasteiger partial charge >= 0.3 is 7.12 Å². The van der Waals surface area contributed by atoms with E-state index in [9.17, 15) is 4.39 Å². The first-order chi connectivity index (χ1) is 6.06. The molecule has 0 aliphatic rings. The Balaban J connectivity index is 3.22. The summed E-state index contributed by atoms with van der Waals surface area (Å²) >= 11 is 0. The molecule has 0 bridgehead atoms. The first-order valence-electron chi connectivity index (χ1n) is 3.76. The maximum absolute atomic E-state index is 13.0. The number of rotatable bonds is 2. The lowest BCUT2D eigenvalue weighted by molar-refractivity contribution is 0.407. The van der Waals surface area contributed by atoms with E-state index in [0.717, 1.165) is 0 Å². The Morgan fingerprint density at radius 2 is 2.00 bits per heavy atom. The number of halogens is 1. The van der Waals surface area contributed by atoms with Gasteiger partial charge in [0.15, 0.2) is 0 Å². The van der Waals surface area contributed by atoms with Crippen molar-refractivity contribution in [3.8, 4) is 5.75 Å². The minimum atomic E-state index is -1.81. The van der Waals surface area contributed by atoms with Gasteiger partial charge in [0.2, 0.25) is 0 Å². The molecule has 1 aromatic carbocycles. The summed E-state index contributed by atoms with van der Waals surface area (Å²) in [6, 6.07) is 2.48. The molecule has 0 aromatic heterocycles. The van der Waals surface area contributed by atoms with Crippen LogP contribution in [0.5, 0.6) is 5.75 Å². The monoisotopic (exact) mass is 184 g/mol. The Bertz CT molecular complexity index is 315. The van der Waals surface area contributed by atoms with E-state index in [1.165, 1.54) is 19.2 Å². The average Bonchev–Trinajstić information content (AvgIpc) is 2.03. The summed E-state index contributed by atoms with van der Waals surface area (Å²) in [4.78, 5) is 0. The molecule has 0 fully saturated rings. The van der Waals surface area contributed by atoms with Gasteiger partial charge in [0.25, 0.3) is 0 Å². The van der Waals surface area contributed by atoms with Crippen LogP contribution in [0.15, 0.2) is 12.1 Å². The van der Waals surface area contributed by atoms with Gasteiger partial charge in [-0.3, -0.25) is 0 Å². The fraction of sp³-hybridized carbons (Fsp3) is 0.250. The van der Waals surface area contributed by atoms with E-state index in [1.807, 2.05) is 0 Å². The number of hydrogen-bond acceptors (Lipinski definition) is 3. The van der Waals surface area contributed by atoms with Gasteiger partial charge in [-0.25, -0.2) is 4.39 Å². The molecular weight excluding hydrogens is 174 g/mol. The number of benzene rings is 1. The Hall–Kier alpha value is -1.07. The normalized spacial score (nSPS) is 9.92. The molecule has 0 atom stereocenters. The van der Waals surface area contributed by atoms with E-state index in [4.69, 9.17) is 14.8 Å². The smallest absolute Gasteiger partial charge is 0.491 e. The summed E-state index contributed by atoms with van der Waals surface area (Å²) in [5, 5.41) is 17.6. The van der Waals surface area contributed by atoms with Crippen LogP contribution < -0.4 is 10.2 Å². The molecule has 0 saturated carbocycles. The van der Waals surface area contributed by atoms with Crippen molar-refractivity contribution >= 4 is 12.6 Å². The van der Waals surface area contributed by atoms with Crippen molar-refractivity contribution in [2.24, 2.45) is 0 Å². The first kappa shape index (κ1) is 10.0. The molecule has 0 spiro atoms. The lowest BCUT2D eigenvalue weighted by Gasteiger charge is -2.08. The van der Waals surface area contributed by atoms with Gasteiger partial charge in [0.1, 0.15) is 11.6 Å². The van der Waals surface area contributed by atoms with Crippen LogP contribution in [0.3, 0.4) is 0 Å². The van der Waals surface area contributed by atoms with Gasteiger partial charge in [0, 0.05) is 5.46 Å². The molecule has 3 nitrogen and oxygen atoms in total. The average molecular weight is 184 g/mol. The molecule has 70 valence electrons. The Kier molecular flexibility index (Phi) is 2.90. The van der Waals surface area contributed by atoms with E-state index in [0.29, 0.717) is 11.3 Å². The summed E-state index contributed by atoms with van der Waals surface area (Å²) in [5.74, 6) is -0.210. The van der Waals surface area contributed by atoms with Crippen LogP contribution >= 0.6 is 0 Å². The molecule has 2 N–H and O–H groups in total. The molecule has 1 rings (SSSR count). The summed E-state index contributed by atoms with van der Waals surface area (Å²) in [7, 11) is -0.372. The predicted octanol–water partition coefficient (Wildman–Crippen LogP) is -0.177. The number of aryl methyl sites for hydroxylation is 1. The summed E-state index contributed by atoms with van der Waals surface area (Å²) in [5.41, 5.74) is 0.437. The highest BCUT2D eigenvalue weighted by atomic mass is 19.1. The topological polar surface area (TPSA) is 49.7 Å². The van der Waals surface area contributed by atoms with Crippen molar-refractivity contribution in [2.45, 2.75) is 6.92 Å². The largest absolute Gasteiger partial charge is 0.497 e. The van der Waals surface area contributed by atoms with E-state index in [-0.39, 0.29) is 5.46 Å². The molecule has 1 aromatic rings. The molecule has 5 heteroatoms. The second-order valence-electron chi connectivity index (χ2n) is 2.72. The SMILES string of the molecule is COc1cc(B(O)O)c(F)cc1C. The van der Waals surface area contributed by atoms with Crippen LogP contribution in [-0.4, -0.2) is 24.3 Å². The second-order valence-corrected chi connectivity index (χ2v) is 2.72. The van der Waals surface area contributed by atoms with Crippen molar-refractivity contribution < 1.29 is 19.2 Å². The molecule has 0 heterocycles. The minimum Gasteiger partial charge on any atom is -0.497 e. The van der Waals surface area contributed by atoms with Crippen LogP contribution in [0.1, 0.15) is 5.56 Å². The molecule has 0 aliphatic carbocycles. The van der Waals surface area contributed by atoms with Crippen LogP contribution in [-0.2, 0) is 0 Å². The fourth-order valence-electron chi connectivity index (χ4n) is 1.09. The Morgan fingerprint density at radius 3 is 2.46 bits per heavy atom. The fourth-order valence-corrected chi connectivity index (χ4v) is 1.09. The minimum absolute atomic E-state index is 0.178. The van der Waals surface area contributed by atoms with Gasteiger partial charge in [-0.1, -0.05) is 0 Å². The standard InChI is InChI=1S/C8H10BFO3/c1-5-3-7(10)6(9(11)12)4-8(5)13-2/h3-4,11-12H,1-2H3. The van der Waals surface area contributed by atoms with Crippen LogP contribution in [0.4, 0.5) is 4.39 Å². The number of ether oxygens (including phenoxy) is 1. The zero-order chi connectivity index (χ0) is 10.0. The number of methoxy groups -OCH3 is 1. The second kappa shape index (κ2) is 3.76. The van der Waals surface area contributed by atoms with Crippen LogP contribution in [0, 0.1) is 12.7 Å². The molecule has 13 heavy (non-hydrogen) atoms. The summed E-state index contributed by atoms with van der Waals surface area (Å²) in [6.07, 6.45) is 0. The molecular formula is C8H10BFO3. The van der Waals surface area contributed by atoms with Crippen molar-refractivity contribution in [1.82, 2.24) is 0 Å². The molecule has 0 saturated heterocycles. The molecule has 0 aliphatic heterocycles. The quantitative estimate of drug-likeness (QED) is 0.627. The summed E-state index contributed by atoms with van der Waals surface area (Å²) in [6.45, 7) is 1.68. The number of hydrogen-bond donors (Lipinski definition) is 2. The Labute approximate surface area is 75.9 Å². The highest BCUT2D eigenvalue weighted by molar-refractivity contribution is 6.58. The lowest BCUT2D eigenvalue weighted by Crippen LogP contribution is -2.32. The van der Waals surface area contributed by atoms with Gasteiger partial charge < -0.3 is 14.8 Å². The molecule has 0 radical (unpaired) electrons. The van der Waals surface area contributed by atoms with E-state index >= 15 is 0 Å². The highest BCUT2D eigenvalue weighted by Gasteiger charge is 2.18. The Morgan fingerprint density at radius 1 is 1.38 bits per heavy atom. The zero-order valence-electron chi connectivity index (χ0n) is 7.41. The van der Waals surface area contributed by atoms with Gasteiger partial charge in [-0.15, -0.1) is 0 Å². The van der Waals surface area contributed by atoms with Crippen molar-refractivity contribution in [2.75, 3.05) is 7.11 Å². The van der Waals surface area contributed by atoms with Crippen molar-refractivity contribution in [3.63, 3.8) is 0 Å². The third kappa shape index (κ3) is 1.99. The predicted molar refractivity (Wildman–Crippen MR) is 47.5 cm³/mol. The van der Waals surface area contributed by atoms with E-state index in [1.54, 1.807) is 6.92 Å². The third-order valence-corrected chi connectivity index (χ3v) is 1.79. The van der Waals surface area contributed by atoms with E-state index in [2.05, 4.69) is 0 Å². The highest BCUT2D eigenvalue weighted by Crippen LogP contribution is 2.16. The van der Waals surface area contributed by atoms with E-state index < -0.39 is 12.9 Å². The summed E-state index contributed by atoms with van der Waals surface area (Å²) < 4.78 is 17.9. The zero-order valence-corrected chi connectivity index (χ0v) is 7.41. The van der Waals surface area contributed by atoms with Crippen LogP contribution in [0.2, 0.25) is 0 Å². The van der Waals surface area contributed by atoms with Crippen LogP contribution in [0.25, 0.3) is 0 Å². The van der Waals surface area contributed by atoms with Gasteiger partial charge in [-0.05, 0) is 24.6 Å². The third-order valence-electron chi connectivity index (χ3n) is 1.79. The lowest BCUT2D eigenvalue weighted by atomic mass is 9.79. The maximum Gasteiger partial charge on any atom is 0.491 e. The van der Waals surface area contributed by atoms with Crippen molar-refractivity contribution in [1.29, 1.82) is 0 Å². The molecule has 0 amide bonds. The molecule has 0 unspecified atom stereocenters. The van der Waals surface area contributed by atoms with Gasteiger partial charge in [0.05, 0.1) is 7.11 Å². The first-order valence-corrected chi connectivity index (χ1v) is 3.76. The van der Waals surface area contributed by atoms with Gasteiger partial charge in [-0.2, -0.15) is 0 Å². The maximum atomic E-state index is 13.0. The van der Waals surface area contributed by atoms with Crippen molar-refractivity contribution in [3.05, 3.63) is 23.5 Å².